The van der Waals surface area contributed by atoms with E-state index < -0.39 is 0 Å². The number of aromatic nitrogens is 2. The van der Waals surface area contributed by atoms with E-state index in [1.165, 1.54) is 12.8 Å². The van der Waals surface area contributed by atoms with Crippen LogP contribution < -0.4 is 9.64 Å². The number of ether oxygens (including phenoxy) is 1. The van der Waals surface area contributed by atoms with Crippen molar-refractivity contribution in [2.45, 2.75) is 25.8 Å². The van der Waals surface area contributed by atoms with Gasteiger partial charge in [-0.1, -0.05) is 0 Å². The summed E-state index contributed by atoms with van der Waals surface area (Å²) in [5.41, 5.74) is 0. The fourth-order valence-corrected chi connectivity index (χ4v) is 1.86. The molecule has 88 valence electrons. The van der Waals surface area contributed by atoms with Crippen LogP contribution in [0.15, 0.2) is 12.4 Å². The highest BCUT2D eigenvalue weighted by Crippen LogP contribution is 2.31. The third-order valence-electron chi connectivity index (χ3n) is 2.53. The fourth-order valence-electron chi connectivity index (χ4n) is 1.68. The summed E-state index contributed by atoms with van der Waals surface area (Å²) in [7, 11) is 0. The molecule has 2 rings (SSSR count). The standard InChI is InChI=1S/C11H16ClN3O/c1-2-16-11-7-10(13-8-14-11)15(6-5-12)9-3-4-9/h7-9H,2-6H2,1H3. The number of alkyl halides is 1. The van der Waals surface area contributed by atoms with Gasteiger partial charge in [0.25, 0.3) is 0 Å². The van der Waals surface area contributed by atoms with Crippen molar-refractivity contribution < 1.29 is 4.74 Å². The van der Waals surface area contributed by atoms with Gasteiger partial charge in [-0.05, 0) is 19.8 Å². The third kappa shape index (κ3) is 2.76. The van der Waals surface area contributed by atoms with Gasteiger partial charge < -0.3 is 9.64 Å². The SMILES string of the molecule is CCOc1cc(N(CCCl)C2CC2)ncn1. The van der Waals surface area contributed by atoms with Gasteiger partial charge in [0.15, 0.2) is 0 Å². The zero-order chi connectivity index (χ0) is 11.4. The highest BCUT2D eigenvalue weighted by Gasteiger charge is 2.29. The normalized spacial score (nSPS) is 14.9. The van der Waals surface area contributed by atoms with E-state index >= 15 is 0 Å². The van der Waals surface area contributed by atoms with Crippen LogP contribution in [0.3, 0.4) is 0 Å². The van der Waals surface area contributed by atoms with Crippen LogP contribution in [0.4, 0.5) is 5.82 Å². The molecule has 0 spiro atoms. The summed E-state index contributed by atoms with van der Waals surface area (Å²) in [6.07, 6.45) is 4.00. The molecule has 0 saturated heterocycles. The van der Waals surface area contributed by atoms with Gasteiger partial charge in [0, 0.05) is 24.5 Å². The lowest BCUT2D eigenvalue weighted by Crippen LogP contribution is -2.28. The average molecular weight is 242 g/mol. The molecule has 0 aromatic carbocycles. The van der Waals surface area contributed by atoms with Crippen LogP contribution in [-0.2, 0) is 0 Å². The van der Waals surface area contributed by atoms with E-state index in [1.54, 1.807) is 6.33 Å². The summed E-state index contributed by atoms with van der Waals surface area (Å²) < 4.78 is 5.36. The van der Waals surface area contributed by atoms with Crippen LogP contribution in [0.25, 0.3) is 0 Å². The first kappa shape index (κ1) is 11.5. The largest absolute Gasteiger partial charge is 0.478 e. The summed E-state index contributed by atoms with van der Waals surface area (Å²) in [4.78, 5) is 10.6. The molecule has 1 aromatic rings. The second-order valence-corrected chi connectivity index (χ2v) is 4.14. The molecule has 0 aliphatic heterocycles. The Balaban J connectivity index is 2.12. The number of anilines is 1. The Kier molecular flexibility index (Phi) is 3.83. The summed E-state index contributed by atoms with van der Waals surface area (Å²) in [6, 6.07) is 2.48. The maximum Gasteiger partial charge on any atom is 0.218 e. The topological polar surface area (TPSA) is 38.2 Å². The van der Waals surface area contributed by atoms with E-state index in [0.717, 1.165) is 12.4 Å². The van der Waals surface area contributed by atoms with Crippen molar-refractivity contribution in [1.82, 2.24) is 9.97 Å². The lowest BCUT2D eigenvalue weighted by atomic mass is 10.4. The maximum absolute atomic E-state index is 5.80. The van der Waals surface area contributed by atoms with E-state index in [9.17, 15) is 0 Å². The van der Waals surface area contributed by atoms with Crippen molar-refractivity contribution in [3.63, 3.8) is 0 Å². The zero-order valence-corrected chi connectivity index (χ0v) is 10.2. The summed E-state index contributed by atoms with van der Waals surface area (Å²) >= 11 is 5.80. The van der Waals surface area contributed by atoms with Crippen molar-refractivity contribution in [3.8, 4) is 5.88 Å². The minimum absolute atomic E-state index is 0.600. The molecule has 0 bridgehead atoms. The predicted octanol–water partition coefficient (Wildman–Crippen LogP) is 2.08. The Hall–Kier alpha value is -1.03. The van der Waals surface area contributed by atoms with Crippen LogP contribution in [-0.4, -0.2) is 35.0 Å². The van der Waals surface area contributed by atoms with Gasteiger partial charge in [0.1, 0.15) is 12.1 Å². The van der Waals surface area contributed by atoms with E-state index in [0.29, 0.717) is 24.4 Å². The fraction of sp³-hybridized carbons (Fsp3) is 0.636. The second-order valence-electron chi connectivity index (χ2n) is 3.76. The smallest absolute Gasteiger partial charge is 0.218 e. The van der Waals surface area contributed by atoms with Gasteiger partial charge in [-0.3, -0.25) is 0 Å². The molecule has 1 aliphatic rings. The molecule has 1 aliphatic carbocycles. The van der Waals surface area contributed by atoms with E-state index in [2.05, 4.69) is 14.9 Å². The maximum atomic E-state index is 5.80. The minimum Gasteiger partial charge on any atom is -0.478 e. The van der Waals surface area contributed by atoms with E-state index in [-0.39, 0.29) is 0 Å². The molecule has 0 atom stereocenters. The van der Waals surface area contributed by atoms with Gasteiger partial charge in [-0.25, -0.2) is 9.97 Å². The molecule has 0 amide bonds. The molecule has 4 nitrogen and oxygen atoms in total. The molecule has 0 N–H and O–H groups in total. The number of halogens is 1. The highest BCUT2D eigenvalue weighted by molar-refractivity contribution is 6.18. The van der Waals surface area contributed by atoms with Crippen LogP contribution in [0.5, 0.6) is 5.88 Å². The number of hydrogen-bond donors (Lipinski definition) is 0. The van der Waals surface area contributed by atoms with Crippen LogP contribution in [0, 0.1) is 0 Å². The van der Waals surface area contributed by atoms with Gasteiger partial charge in [-0.2, -0.15) is 0 Å². The van der Waals surface area contributed by atoms with Crippen LogP contribution in [0.1, 0.15) is 19.8 Å². The molecule has 1 heterocycles. The molecule has 1 aromatic heterocycles. The van der Waals surface area contributed by atoms with E-state index in [1.807, 2.05) is 13.0 Å². The van der Waals surface area contributed by atoms with Crippen molar-refractivity contribution >= 4 is 17.4 Å². The van der Waals surface area contributed by atoms with Gasteiger partial charge in [-0.15, -0.1) is 11.6 Å². The number of hydrogen-bond acceptors (Lipinski definition) is 4. The first-order chi connectivity index (χ1) is 7.85. The van der Waals surface area contributed by atoms with Crippen LogP contribution in [0.2, 0.25) is 0 Å². The molecule has 0 unspecified atom stereocenters. The molecule has 16 heavy (non-hydrogen) atoms. The minimum atomic E-state index is 0.600. The lowest BCUT2D eigenvalue weighted by Gasteiger charge is -2.22. The van der Waals surface area contributed by atoms with E-state index in [4.69, 9.17) is 16.3 Å². The molecule has 1 saturated carbocycles. The Morgan fingerprint density at radius 1 is 1.50 bits per heavy atom. The molecular formula is C11H16ClN3O. The van der Waals surface area contributed by atoms with Crippen molar-refractivity contribution in [2.75, 3.05) is 23.9 Å². The van der Waals surface area contributed by atoms with Gasteiger partial charge >= 0.3 is 0 Å². The van der Waals surface area contributed by atoms with Crippen LogP contribution >= 0.6 is 11.6 Å². The summed E-state index contributed by atoms with van der Waals surface area (Å²) in [5, 5.41) is 0. The molecular weight excluding hydrogens is 226 g/mol. The predicted molar refractivity (Wildman–Crippen MR) is 64.3 cm³/mol. The van der Waals surface area contributed by atoms with Crippen molar-refractivity contribution in [1.29, 1.82) is 0 Å². The molecule has 0 radical (unpaired) electrons. The monoisotopic (exact) mass is 241 g/mol. The average Bonchev–Trinajstić information content (AvgIpc) is 3.11. The first-order valence-corrected chi connectivity index (χ1v) is 6.16. The Morgan fingerprint density at radius 2 is 2.31 bits per heavy atom. The Morgan fingerprint density at radius 3 is 2.94 bits per heavy atom. The molecule has 5 heteroatoms. The number of nitrogens with zero attached hydrogens (tertiary/aromatic N) is 3. The quantitative estimate of drug-likeness (QED) is 0.715. The first-order valence-electron chi connectivity index (χ1n) is 5.62. The lowest BCUT2D eigenvalue weighted by molar-refractivity contribution is 0.326. The summed E-state index contributed by atoms with van der Waals surface area (Å²) in [5.74, 6) is 2.17. The van der Waals surface area contributed by atoms with Crippen molar-refractivity contribution in [3.05, 3.63) is 12.4 Å². The highest BCUT2D eigenvalue weighted by atomic mass is 35.5. The third-order valence-corrected chi connectivity index (χ3v) is 2.70. The second kappa shape index (κ2) is 5.34. The van der Waals surface area contributed by atoms with Gasteiger partial charge in [0.2, 0.25) is 5.88 Å². The van der Waals surface area contributed by atoms with Gasteiger partial charge in [0.05, 0.1) is 6.61 Å². The number of rotatable bonds is 6. The Bertz CT molecular complexity index is 344. The summed E-state index contributed by atoms with van der Waals surface area (Å²) in [6.45, 7) is 3.39. The zero-order valence-electron chi connectivity index (χ0n) is 9.40. The molecule has 1 fully saturated rings. The Labute approximate surface area is 101 Å². The van der Waals surface area contributed by atoms with Crippen molar-refractivity contribution in [2.24, 2.45) is 0 Å².